The van der Waals surface area contributed by atoms with E-state index in [9.17, 15) is 4.79 Å². The maximum Gasteiger partial charge on any atom is 0.306 e. The average Bonchev–Trinajstić information content (AvgIpc) is 2.34. The second-order valence-electron chi connectivity index (χ2n) is 3.82. The van der Waals surface area contributed by atoms with Crippen molar-refractivity contribution in [3.8, 4) is 0 Å². The Kier molecular flexibility index (Phi) is 6.01. The van der Waals surface area contributed by atoms with Crippen LogP contribution in [0.25, 0.3) is 0 Å². The van der Waals surface area contributed by atoms with E-state index in [1.54, 1.807) is 0 Å². The van der Waals surface area contributed by atoms with E-state index in [1.165, 1.54) is 7.11 Å². The van der Waals surface area contributed by atoms with Crippen molar-refractivity contribution < 1.29 is 9.53 Å². The maximum absolute atomic E-state index is 11.1. The highest BCUT2D eigenvalue weighted by atomic mass is 35.5. The van der Waals surface area contributed by atoms with E-state index in [2.05, 4.69) is 16.6 Å². The Hall–Kier alpha value is -1.06. The predicted octanol–water partition coefficient (Wildman–Crippen LogP) is 2.73. The minimum absolute atomic E-state index is 0.172. The molecule has 0 aliphatic carbocycles. The molecule has 4 heteroatoms. The van der Waals surface area contributed by atoms with Crippen LogP contribution in [0.2, 0.25) is 5.02 Å². The van der Waals surface area contributed by atoms with Crippen LogP contribution in [0.15, 0.2) is 24.3 Å². The van der Waals surface area contributed by atoms with Gasteiger partial charge in [-0.05, 0) is 24.2 Å². The molecule has 0 N–H and O–H groups in total. The molecule has 0 aliphatic heterocycles. The standard InChI is InChI=1S/C13H18ClNO2/c1-3-15(8-7-13(16)17-2)10-11-5-4-6-12(14)9-11/h4-6,9H,3,7-8,10H2,1-2H3. The highest BCUT2D eigenvalue weighted by Crippen LogP contribution is 2.12. The van der Waals surface area contributed by atoms with Crippen LogP contribution in [0.1, 0.15) is 18.9 Å². The molecule has 1 rings (SSSR count). The lowest BCUT2D eigenvalue weighted by Gasteiger charge is -2.19. The van der Waals surface area contributed by atoms with E-state index < -0.39 is 0 Å². The third-order valence-corrected chi connectivity index (χ3v) is 2.84. The van der Waals surface area contributed by atoms with Crippen molar-refractivity contribution in [1.29, 1.82) is 0 Å². The highest BCUT2D eigenvalue weighted by Gasteiger charge is 2.07. The zero-order chi connectivity index (χ0) is 12.7. The Balaban J connectivity index is 2.49. The number of ether oxygens (including phenoxy) is 1. The molecule has 94 valence electrons. The number of methoxy groups -OCH3 is 1. The van der Waals surface area contributed by atoms with Gasteiger partial charge in [-0.2, -0.15) is 0 Å². The van der Waals surface area contributed by atoms with E-state index in [0.717, 1.165) is 23.7 Å². The van der Waals surface area contributed by atoms with Gasteiger partial charge in [0.2, 0.25) is 0 Å². The average molecular weight is 256 g/mol. The van der Waals surface area contributed by atoms with Gasteiger partial charge in [-0.1, -0.05) is 30.7 Å². The molecule has 0 fully saturated rings. The molecule has 0 bridgehead atoms. The van der Waals surface area contributed by atoms with Gasteiger partial charge in [-0.15, -0.1) is 0 Å². The second-order valence-corrected chi connectivity index (χ2v) is 4.26. The summed E-state index contributed by atoms with van der Waals surface area (Å²) >= 11 is 5.93. The van der Waals surface area contributed by atoms with Crippen LogP contribution < -0.4 is 0 Å². The third-order valence-electron chi connectivity index (χ3n) is 2.60. The zero-order valence-corrected chi connectivity index (χ0v) is 11.0. The van der Waals surface area contributed by atoms with Crippen LogP contribution in [0.3, 0.4) is 0 Å². The summed E-state index contributed by atoms with van der Waals surface area (Å²) in [5.41, 5.74) is 1.16. The Labute approximate surface area is 107 Å². The van der Waals surface area contributed by atoms with Gasteiger partial charge in [-0.3, -0.25) is 9.69 Å². The highest BCUT2D eigenvalue weighted by molar-refractivity contribution is 6.30. The first-order valence-electron chi connectivity index (χ1n) is 5.69. The van der Waals surface area contributed by atoms with Crippen LogP contribution >= 0.6 is 11.6 Å². The number of hydrogen-bond acceptors (Lipinski definition) is 3. The molecule has 0 unspecified atom stereocenters. The first-order valence-corrected chi connectivity index (χ1v) is 6.07. The van der Waals surface area contributed by atoms with Gasteiger partial charge in [0, 0.05) is 18.1 Å². The molecule has 1 aromatic carbocycles. The quantitative estimate of drug-likeness (QED) is 0.732. The van der Waals surface area contributed by atoms with Gasteiger partial charge >= 0.3 is 5.97 Å². The number of hydrogen-bond donors (Lipinski definition) is 0. The fourth-order valence-corrected chi connectivity index (χ4v) is 1.81. The molecule has 0 atom stereocenters. The van der Waals surface area contributed by atoms with Crippen molar-refractivity contribution in [3.63, 3.8) is 0 Å². The molecule has 0 radical (unpaired) electrons. The Morgan fingerprint density at radius 1 is 1.47 bits per heavy atom. The number of benzene rings is 1. The molecule has 0 aliphatic rings. The van der Waals surface area contributed by atoms with E-state index >= 15 is 0 Å². The van der Waals surface area contributed by atoms with Crippen molar-refractivity contribution in [2.24, 2.45) is 0 Å². The lowest BCUT2D eigenvalue weighted by Crippen LogP contribution is -2.26. The lowest BCUT2D eigenvalue weighted by atomic mass is 10.2. The van der Waals surface area contributed by atoms with E-state index in [0.29, 0.717) is 13.0 Å². The van der Waals surface area contributed by atoms with Crippen LogP contribution in [-0.2, 0) is 16.1 Å². The predicted molar refractivity (Wildman–Crippen MR) is 69.0 cm³/mol. The number of carbonyl (C=O) groups is 1. The van der Waals surface area contributed by atoms with Gasteiger partial charge < -0.3 is 4.74 Å². The number of esters is 1. The van der Waals surface area contributed by atoms with Crippen LogP contribution in [0.4, 0.5) is 0 Å². The molecule has 0 amide bonds. The number of carbonyl (C=O) groups excluding carboxylic acids is 1. The molecule has 0 saturated carbocycles. The van der Waals surface area contributed by atoms with Crippen LogP contribution in [-0.4, -0.2) is 31.1 Å². The summed E-state index contributed by atoms with van der Waals surface area (Å²) in [4.78, 5) is 13.3. The molecular weight excluding hydrogens is 238 g/mol. The summed E-state index contributed by atoms with van der Waals surface area (Å²) in [6.45, 7) is 4.47. The Morgan fingerprint density at radius 2 is 2.24 bits per heavy atom. The van der Waals surface area contributed by atoms with Gasteiger partial charge in [0.25, 0.3) is 0 Å². The first kappa shape index (κ1) is 14.0. The molecule has 17 heavy (non-hydrogen) atoms. The SMILES string of the molecule is CCN(CCC(=O)OC)Cc1cccc(Cl)c1. The molecule has 0 heterocycles. The summed E-state index contributed by atoms with van der Waals surface area (Å²) in [7, 11) is 1.41. The summed E-state index contributed by atoms with van der Waals surface area (Å²) < 4.78 is 4.63. The van der Waals surface area contributed by atoms with Gasteiger partial charge in [0.1, 0.15) is 0 Å². The third kappa shape index (κ3) is 5.20. The van der Waals surface area contributed by atoms with Crippen molar-refractivity contribution in [1.82, 2.24) is 4.90 Å². The molecule has 0 aromatic heterocycles. The summed E-state index contributed by atoms with van der Waals surface area (Å²) in [5, 5.41) is 0.742. The van der Waals surface area contributed by atoms with Gasteiger partial charge in [0.15, 0.2) is 0 Å². The molecular formula is C13H18ClNO2. The molecule has 3 nitrogen and oxygen atoms in total. The largest absolute Gasteiger partial charge is 0.469 e. The maximum atomic E-state index is 11.1. The van der Waals surface area contributed by atoms with Crippen molar-refractivity contribution >= 4 is 17.6 Å². The van der Waals surface area contributed by atoms with Crippen LogP contribution in [0.5, 0.6) is 0 Å². The first-order chi connectivity index (χ1) is 8.15. The second kappa shape index (κ2) is 7.30. The number of nitrogens with zero attached hydrogens (tertiary/aromatic N) is 1. The van der Waals surface area contributed by atoms with E-state index in [1.807, 2.05) is 24.3 Å². The fourth-order valence-electron chi connectivity index (χ4n) is 1.59. The van der Waals surface area contributed by atoms with Gasteiger partial charge in [-0.25, -0.2) is 0 Å². The summed E-state index contributed by atoms with van der Waals surface area (Å²) in [6, 6.07) is 7.77. The lowest BCUT2D eigenvalue weighted by molar-refractivity contribution is -0.141. The molecule has 0 saturated heterocycles. The van der Waals surface area contributed by atoms with E-state index in [4.69, 9.17) is 11.6 Å². The van der Waals surface area contributed by atoms with Crippen molar-refractivity contribution in [2.45, 2.75) is 19.9 Å². The zero-order valence-electron chi connectivity index (χ0n) is 10.3. The van der Waals surface area contributed by atoms with Crippen molar-refractivity contribution in [2.75, 3.05) is 20.2 Å². The molecule has 0 spiro atoms. The van der Waals surface area contributed by atoms with E-state index in [-0.39, 0.29) is 5.97 Å². The minimum atomic E-state index is -0.172. The normalized spacial score (nSPS) is 10.6. The smallest absolute Gasteiger partial charge is 0.306 e. The van der Waals surface area contributed by atoms with Crippen LogP contribution in [0, 0.1) is 0 Å². The number of rotatable bonds is 6. The fraction of sp³-hybridized carbons (Fsp3) is 0.462. The van der Waals surface area contributed by atoms with Crippen molar-refractivity contribution in [3.05, 3.63) is 34.9 Å². The number of halogens is 1. The Bertz CT molecular complexity index is 368. The Morgan fingerprint density at radius 3 is 2.82 bits per heavy atom. The summed E-state index contributed by atoms with van der Waals surface area (Å²) in [6.07, 6.45) is 0.422. The summed E-state index contributed by atoms with van der Waals surface area (Å²) in [5.74, 6) is -0.172. The topological polar surface area (TPSA) is 29.5 Å². The minimum Gasteiger partial charge on any atom is -0.469 e. The van der Waals surface area contributed by atoms with Gasteiger partial charge in [0.05, 0.1) is 13.5 Å². The molecule has 1 aromatic rings. The monoisotopic (exact) mass is 255 g/mol.